The lowest BCUT2D eigenvalue weighted by molar-refractivity contribution is -0.129. The van der Waals surface area contributed by atoms with Crippen LogP contribution < -0.4 is 11.1 Å². The van der Waals surface area contributed by atoms with Crippen molar-refractivity contribution in [1.29, 1.82) is 0 Å². The molecule has 120 valence electrons. The first kappa shape index (κ1) is 16.8. The number of carbonyl (C=O) groups excluding carboxylic acids is 2. The molecule has 0 spiro atoms. The molecule has 1 heterocycles. The highest BCUT2D eigenvalue weighted by atomic mass is 35.5. The van der Waals surface area contributed by atoms with Crippen molar-refractivity contribution < 1.29 is 14.3 Å². The summed E-state index contributed by atoms with van der Waals surface area (Å²) in [7, 11) is 0. The molecule has 3 N–H and O–H groups in total. The van der Waals surface area contributed by atoms with E-state index in [9.17, 15) is 9.59 Å². The van der Waals surface area contributed by atoms with Gasteiger partial charge >= 0.3 is 0 Å². The predicted molar refractivity (Wildman–Crippen MR) is 84.4 cm³/mol. The van der Waals surface area contributed by atoms with Crippen molar-refractivity contribution in [1.82, 2.24) is 5.32 Å². The maximum atomic E-state index is 12.1. The van der Waals surface area contributed by atoms with Crippen LogP contribution in [-0.2, 0) is 20.7 Å². The quantitative estimate of drug-likeness (QED) is 0.835. The first-order valence-corrected chi connectivity index (χ1v) is 7.81. The molecule has 0 saturated carbocycles. The zero-order chi connectivity index (χ0) is 16.1. The van der Waals surface area contributed by atoms with Gasteiger partial charge in [0.1, 0.15) is 6.10 Å². The van der Waals surface area contributed by atoms with Gasteiger partial charge in [0.15, 0.2) is 0 Å². The van der Waals surface area contributed by atoms with Crippen LogP contribution in [0.2, 0.25) is 5.02 Å². The van der Waals surface area contributed by atoms with E-state index >= 15 is 0 Å². The summed E-state index contributed by atoms with van der Waals surface area (Å²) >= 11 is 6.10. The highest BCUT2D eigenvalue weighted by Crippen LogP contribution is 2.20. The van der Waals surface area contributed by atoms with Crippen LogP contribution in [0.4, 0.5) is 0 Å². The number of nitrogens with one attached hydrogen (secondary N) is 1. The van der Waals surface area contributed by atoms with Gasteiger partial charge in [-0.2, -0.15) is 0 Å². The molecule has 6 heteroatoms. The number of ether oxygens (including phenoxy) is 1. The molecular weight excluding hydrogens is 304 g/mol. The molecule has 2 amide bonds. The average Bonchev–Trinajstić information content (AvgIpc) is 2.96. The minimum atomic E-state index is -0.526. The van der Waals surface area contributed by atoms with Crippen molar-refractivity contribution in [2.75, 3.05) is 6.54 Å². The molecule has 0 unspecified atom stereocenters. The van der Waals surface area contributed by atoms with Crippen LogP contribution in [0, 0.1) is 5.92 Å². The second-order valence-corrected chi connectivity index (χ2v) is 6.08. The topological polar surface area (TPSA) is 81.4 Å². The number of nitrogens with two attached hydrogens (primary N) is 1. The molecule has 0 aromatic heterocycles. The Labute approximate surface area is 135 Å². The number of rotatable bonds is 6. The van der Waals surface area contributed by atoms with Crippen LogP contribution in [0.25, 0.3) is 0 Å². The molecule has 5 nitrogen and oxygen atoms in total. The summed E-state index contributed by atoms with van der Waals surface area (Å²) in [4.78, 5) is 23.2. The Kier molecular flexibility index (Phi) is 5.80. The highest BCUT2D eigenvalue weighted by molar-refractivity contribution is 6.31. The zero-order valence-electron chi connectivity index (χ0n) is 12.5. The molecule has 1 aliphatic rings. The summed E-state index contributed by atoms with van der Waals surface area (Å²) in [5.41, 5.74) is 6.16. The fourth-order valence-corrected chi connectivity index (χ4v) is 2.75. The lowest BCUT2D eigenvalue weighted by atomic mass is 10.0. The van der Waals surface area contributed by atoms with Crippen LogP contribution in [0.1, 0.15) is 25.3 Å². The number of hydrogen-bond acceptors (Lipinski definition) is 3. The van der Waals surface area contributed by atoms with Crippen molar-refractivity contribution in [3.8, 4) is 0 Å². The van der Waals surface area contributed by atoms with E-state index in [0.29, 0.717) is 24.4 Å². The van der Waals surface area contributed by atoms with Gasteiger partial charge in [0, 0.05) is 17.5 Å². The Bertz CT molecular complexity index is 550. The Hall–Kier alpha value is -1.59. The van der Waals surface area contributed by atoms with E-state index in [-0.39, 0.29) is 17.9 Å². The molecule has 0 aliphatic carbocycles. The van der Waals surface area contributed by atoms with Gasteiger partial charge in [-0.1, -0.05) is 36.7 Å². The van der Waals surface area contributed by atoms with Gasteiger partial charge < -0.3 is 15.8 Å². The van der Waals surface area contributed by atoms with Crippen LogP contribution in [0.15, 0.2) is 24.3 Å². The number of hydrogen-bond donors (Lipinski definition) is 2. The van der Waals surface area contributed by atoms with E-state index in [1.165, 1.54) is 0 Å². The number of amides is 2. The number of primary amides is 1. The summed E-state index contributed by atoms with van der Waals surface area (Å²) < 4.78 is 5.48. The van der Waals surface area contributed by atoms with Gasteiger partial charge in [-0.15, -0.1) is 0 Å². The fourth-order valence-electron chi connectivity index (χ4n) is 2.54. The maximum Gasteiger partial charge on any atom is 0.246 e. The van der Waals surface area contributed by atoms with E-state index in [1.54, 1.807) is 0 Å². The summed E-state index contributed by atoms with van der Waals surface area (Å²) in [6, 6.07) is 7.51. The molecule has 3 atom stereocenters. The lowest BCUT2D eigenvalue weighted by Gasteiger charge is -2.16. The molecule has 1 aromatic rings. The fraction of sp³-hybridized carbons (Fsp3) is 0.500. The van der Waals surface area contributed by atoms with E-state index in [2.05, 4.69) is 5.32 Å². The van der Waals surface area contributed by atoms with Gasteiger partial charge in [0.2, 0.25) is 11.8 Å². The molecule has 0 radical (unpaired) electrons. The highest BCUT2D eigenvalue weighted by Gasteiger charge is 2.29. The summed E-state index contributed by atoms with van der Waals surface area (Å²) in [6.45, 7) is 2.26. The number of benzene rings is 1. The smallest absolute Gasteiger partial charge is 0.246 e. The first-order chi connectivity index (χ1) is 10.5. The SMILES string of the molecule is C[C@H](Cc1ccccc1Cl)C(=O)NC[C@@H]1CC[C@@H](C(N)=O)O1. The molecule has 1 aromatic carbocycles. The standard InChI is InChI=1S/C16H21ClN2O3/c1-10(8-11-4-2-3-5-13(11)17)16(21)19-9-12-6-7-14(22-12)15(18)20/h2-5,10,12,14H,6-9H2,1H3,(H2,18,20)(H,19,21)/t10-,12+,14+/m1/s1. The second kappa shape index (κ2) is 7.61. The molecule has 1 aliphatic heterocycles. The number of carbonyl (C=O) groups is 2. The van der Waals surface area contributed by atoms with Gasteiger partial charge in [-0.05, 0) is 30.9 Å². The minimum absolute atomic E-state index is 0.0500. The first-order valence-electron chi connectivity index (χ1n) is 7.43. The van der Waals surface area contributed by atoms with Crippen molar-refractivity contribution in [3.63, 3.8) is 0 Å². The Morgan fingerprint density at radius 2 is 2.14 bits per heavy atom. The number of halogens is 1. The zero-order valence-corrected chi connectivity index (χ0v) is 13.3. The van der Waals surface area contributed by atoms with E-state index in [0.717, 1.165) is 12.0 Å². The van der Waals surface area contributed by atoms with Crippen molar-refractivity contribution in [3.05, 3.63) is 34.9 Å². The Morgan fingerprint density at radius 3 is 2.77 bits per heavy atom. The molecule has 1 saturated heterocycles. The third-order valence-electron chi connectivity index (χ3n) is 3.86. The van der Waals surface area contributed by atoms with Gasteiger partial charge in [0.25, 0.3) is 0 Å². The van der Waals surface area contributed by atoms with Crippen molar-refractivity contribution >= 4 is 23.4 Å². The third kappa shape index (κ3) is 4.45. The van der Waals surface area contributed by atoms with Gasteiger partial charge in [-0.25, -0.2) is 0 Å². The van der Waals surface area contributed by atoms with E-state index < -0.39 is 12.0 Å². The molecule has 22 heavy (non-hydrogen) atoms. The molecular formula is C16H21ClN2O3. The molecule has 0 bridgehead atoms. The van der Waals surface area contributed by atoms with Crippen LogP contribution in [-0.4, -0.2) is 30.6 Å². The van der Waals surface area contributed by atoms with E-state index in [1.807, 2.05) is 31.2 Å². The third-order valence-corrected chi connectivity index (χ3v) is 4.23. The normalized spacial score (nSPS) is 22.3. The van der Waals surface area contributed by atoms with Gasteiger partial charge in [-0.3, -0.25) is 9.59 Å². The summed E-state index contributed by atoms with van der Waals surface area (Å²) in [5.74, 6) is -0.680. The van der Waals surface area contributed by atoms with Crippen LogP contribution in [0.3, 0.4) is 0 Å². The minimum Gasteiger partial charge on any atom is -0.367 e. The molecule has 2 rings (SSSR count). The van der Waals surface area contributed by atoms with Gasteiger partial charge in [0.05, 0.1) is 6.10 Å². The second-order valence-electron chi connectivity index (χ2n) is 5.67. The largest absolute Gasteiger partial charge is 0.367 e. The summed E-state index contributed by atoms with van der Waals surface area (Å²) in [6.07, 6.45) is 1.26. The Balaban J connectivity index is 1.78. The van der Waals surface area contributed by atoms with Crippen LogP contribution in [0.5, 0.6) is 0 Å². The maximum absolute atomic E-state index is 12.1. The summed E-state index contributed by atoms with van der Waals surface area (Å²) in [5, 5.41) is 3.54. The average molecular weight is 325 g/mol. The molecule has 1 fully saturated rings. The van der Waals surface area contributed by atoms with E-state index in [4.69, 9.17) is 22.1 Å². The monoisotopic (exact) mass is 324 g/mol. The van der Waals surface area contributed by atoms with Crippen LogP contribution >= 0.6 is 11.6 Å². The lowest BCUT2D eigenvalue weighted by Crippen LogP contribution is -2.37. The van der Waals surface area contributed by atoms with Crippen molar-refractivity contribution in [2.45, 2.75) is 38.4 Å². The van der Waals surface area contributed by atoms with Crippen molar-refractivity contribution in [2.24, 2.45) is 11.7 Å². The Morgan fingerprint density at radius 1 is 1.41 bits per heavy atom. The predicted octanol–water partition coefficient (Wildman–Crippen LogP) is 1.67.